The predicted molar refractivity (Wildman–Crippen MR) is 76.7 cm³/mol. The Bertz CT molecular complexity index is 415. The van der Waals surface area contributed by atoms with Crippen molar-refractivity contribution in [3.05, 3.63) is 28.2 Å². The van der Waals surface area contributed by atoms with Gasteiger partial charge in [0, 0.05) is 10.6 Å². The van der Waals surface area contributed by atoms with Gasteiger partial charge >= 0.3 is 5.97 Å². The van der Waals surface area contributed by atoms with Gasteiger partial charge < -0.3 is 10.1 Å². The van der Waals surface area contributed by atoms with Crippen LogP contribution in [-0.2, 0) is 9.53 Å². The fourth-order valence-corrected chi connectivity index (χ4v) is 2.70. The first-order chi connectivity index (χ1) is 8.58. The number of hydrogen-bond acceptors (Lipinski definition) is 4. The van der Waals surface area contributed by atoms with Gasteiger partial charge in [0.1, 0.15) is 6.04 Å². The van der Waals surface area contributed by atoms with Crippen LogP contribution in [0, 0.1) is 0 Å². The zero-order valence-electron chi connectivity index (χ0n) is 10.2. The van der Waals surface area contributed by atoms with E-state index in [9.17, 15) is 4.79 Å². The van der Waals surface area contributed by atoms with Crippen LogP contribution in [0.1, 0.15) is 6.42 Å². The van der Waals surface area contributed by atoms with Gasteiger partial charge in [-0.1, -0.05) is 23.2 Å². The smallest absolute Gasteiger partial charge is 0.322 e. The van der Waals surface area contributed by atoms with Gasteiger partial charge in [0.15, 0.2) is 0 Å². The molecule has 0 aromatic heterocycles. The molecule has 0 aliphatic carbocycles. The number of likely N-dealkylation sites (N-methyl/N-ethyl adjacent to an activating group) is 1. The Morgan fingerprint density at radius 1 is 1.44 bits per heavy atom. The van der Waals surface area contributed by atoms with E-state index in [0.29, 0.717) is 16.5 Å². The Morgan fingerprint density at radius 2 is 2.17 bits per heavy atom. The summed E-state index contributed by atoms with van der Waals surface area (Å²) in [6, 6.07) is 5.22. The number of nitrogens with one attached hydrogen (secondary N) is 1. The molecule has 0 saturated carbocycles. The fourth-order valence-electron chi connectivity index (χ4n) is 1.38. The van der Waals surface area contributed by atoms with Crippen molar-refractivity contribution in [2.75, 3.05) is 19.9 Å². The molecule has 1 aromatic rings. The molecule has 0 spiro atoms. The van der Waals surface area contributed by atoms with Crippen molar-refractivity contribution in [3.63, 3.8) is 0 Å². The molecular weight excluding hydrogens is 293 g/mol. The van der Waals surface area contributed by atoms with Crippen LogP contribution in [0.5, 0.6) is 0 Å². The van der Waals surface area contributed by atoms with Gasteiger partial charge in [-0.05, 0) is 31.7 Å². The lowest BCUT2D eigenvalue weighted by atomic mass is 10.2. The molecule has 0 bridgehead atoms. The van der Waals surface area contributed by atoms with Crippen LogP contribution in [0.3, 0.4) is 0 Å². The summed E-state index contributed by atoms with van der Waals surface area (Å²) in [6.45, 7) is 0. The minimum absolute atomic E-state index is 0.243. The summed E-state index contributed by atoms with van der Waals surface area (Å²) < 4.78 is 4.69. The van der Waals surface area contributed by atoms with Crippen LogP contribution < -0.4 is 5.32 Å². The maximum Gasteiger partial charge on any atom is 0.322 e. The second kappa shape index (κ2) is 7.89. The maximum absolute atomic E-state index is 11.4. The summed E-state index contributed by atoms with van der Waals surface area (Å²) in [4.78, 5) is 12.4. The highest BCUT2D eigenvalue weighted by Crippen LogP contribution is 2.28. The Kier molecular flexibility index (Phi) is 6.86. The van der Waals surface area contributed by atoms with Crippen molar-refractivity contribution in [2.45, 2.75) is 17.4 Å². The van der Waals surface area contributed by atoms with Crippen molar-refractivity contribution in [1.29, 1.82) is 0 Å². The van der Waals surface area contributed by atoms with Gasteiger partial charge in [-0.3, -0.25) is 4.79 Å². The molecule has 0 saturated heterocycles. The normalized spacial score (nSPS) is 12.2. The molecule has 0 radical (unpaired) electrons. The Hall–Kier alpha value is -0.420. The summed E-state index contributed by atoms with van der Waals surface area (Å²) >= 11 is 13.4. The van der Waals surface area contributed by atoms with Crippen LogP contribution in [0.25, 0.3) is 0 Å². The quantitative estimate of drug-likeness (QED) is 0.647. The number of methoxy groups -OCH3 is 1. The van der Waals surface area contributed by atoms with Gasteiger partial charge in [-0.2, -0.15) is 0 Å². The van der Waals surface area contributed by atoms with Crippen molar-refractivity contribution in [1.82, 2.24) is 5.32 Å². The molecule has 1 rings (SSSR count). The van der Waals surface area contributed by atoms with E-state index in [4.69, 9.17) is 27.9 Å². The molecule has 1 aromatic carbocycles. The van der Waals surface area contributed by atoms with Gasteiger partial charge in [-0.25, -0.2) is 0 Å². The standard InChI is InChI=1S/C12H15Cl2NO2S/c1-15-11(12(16)17-2)5-6-18-8-3-4-9(13)10(14)7-8/h3-4,7,11,15H,5-6H2,1-2H3. The minimum atomic E-state index is -0.273. The second-order valence-electron chi connectivity index (χ2n) is 3.58. The average Bonchev–Trinajstić information content (AvgIpc) is 2.38. The number of ether oxygens (including phenoxy) is 1. The molecule has 0 fully saturated rings. The van der Waals surface area contributed by atoms with Crippen molar-refractivity contribution < 1.29 is 9.53 Å². The summed E-state index contributed by atoms with van der Waals surface area (Å²) in [5.41, 5.74) is 0. The first-order valence-electron chi connectivity index (χ1n) is 5.41. The molecule has 0 aliphatic heterocycles. The van der Waals surface area contributed by atoms with Crippen LogP contribution in [-0.4, -0.2) is 31.9 Å². The van der Waals surface area contributed by atoms with E-state index in [1.54, 1.807) is 24.9 Å². The first-order valence-corrected chi connectivity index (χ1v) is 7.15. The van der Waals surface area contributed by atoms with E-state index < -0.39 is 0 Å². The highest BCUT2D eigenvalue weighted by molar-refractivity contribution is 7.99. The molecular formula is C12H15Cl2NO2S. The van der Waals surface area contributed by atoms with Gasteiger partial charge in [0.25, 0.3) is 0 Å². The number of esters is 1. The average molecular weight is 308 g/mol. The molecule has 1 N–H and O–H groups in total. The summed E-state index contributed by atoms with van der Waals surface area (Å²) in [6.07, 6.45) is 0.689. The zero-order valence-corrected chi connectivity index (χ0v) is 12.5. The molecule has 3 nitrogen and oxygen atoms in total. The lowest BCUT2D eigenvalue weighted by Gasteiger charge is -2.13. The number of benzene rings is 1. The Morgan fingerprint density at radius 3 is 2.72 bits per heavy atom. The van der Waals surface area contributed by atoms with Crippen molar-refractivity contribution in [2.24, 2.45) is 0 Å². The van der Waals surface area contributed by atoms with Crippen LogP contribution in [0.4, 0.5) is 0 Å². The monoisotopic (exact) mass is 307 g/mol. The number of thioether (sulfide) groups is 1. The molecule has 0 amide bonds. The Balaban J connectivity index is 2.45. The molecule has 0 heterocycles. The van der Waals surface area contributed by atoms with E-state index in [2.05, 4.69) is 5.32 Å². The van der Waals surface area contributed by atoms with Gasteiger partial charge in [-0.15, -0.1) is 11.8 Å². The summed E-state index contributed by atoms with van der Waals surface area (Å²) in [5, 5.41) is 4.01. The molecule has 1 unspecified atom stereocenters. The fraction of sp³-hybridized carbons (Fsp3) is 0.417. The number of hydrogen-bond donors (Lipinski definition) is 1. The highest BCUT2D eigenvalue weighted by Gasteiger charge is 2.16. The Labute approximate surface area is 121 Å². The molecule has 0 aliphatic rings. The molecule has 6 heteroatoms. The number of carbonyl (C=O) groups excluding carboxylic acids is 1. The zero-order chi connectivity index (χ0) is 13.5. The number of carbonyl (C=O) groups is 1. The SMILES string of the molecule is CNC(CCSc1ccc(Cl)c(Cl)c1)C(=O)OC. The van der Waals surface area contributed by atoms with E-state index in [-0.39, 0.29) is 12.0 Å². The molecule has 18 heavy (non-hydrogen) atoms. The van der Waals surface area contributed by atoms with Crippen LogP contribution in [0.15, 0.2) is 23.1 Å². The van der Waals surface area contributed by atoms with Gasteiger partial charge in [0.2, 0.25) is 0 Å². The van der Waals surface area contributed by atoms with Crippen LogP contribution >= 0.6 is 35.0 Å². The highest BCUT2D eigenvalue weighted by atomic mass is 35.5. The minimum Gasteiger partial charge on any atom is -0.468 e. The van der Waals surface area contributed by atoms with Crippen molar-refractivity contribution in [3.8, 4) is 0 Å². The van der Waals surface area contributed by atoms with E-state index in [1.165, 1.54) is 7.11 Å². The van der Waals surface area contributed by atoms with E-state index in [0.717, 1.165) is 10.6 Å². The topological polar surface area (TPSA) is 38.3 Å². The maximum atomic E-state index is 11.4. The number of rotatable bonds is 6. The second-order valence-corrected chi connectivity index (χ2v) is 5.56. The van der Waals surface area contributed by atoms with Crippen molar-refractivity contribution >= 4 is 40.9 Å². The summed E-state index contributed by atoms with van der Waals surface area (Å²) in [7, 11) is 3.13. The third-order valence-corrected chi connectivity index (χ3v) is 4.17. The molecule has 1 atom stereocenters. The lowest BCUT2D eigenvalue weighted by molar-refractivity contribution is -0.143. The van der Waals surface area contributed by atoms with Gasteiger partial charge in [0.05, 0.1) is 17.2 Å². The summed E-state index contributed by atoms with van der Waals surface area (Å²) in [5.74, 6) is 0.547. The number of halogens is 2. The van der Waals surface area contributed by atoms with E-state index >= 15 is 0 Å². The third-order valence-electron chi connectivity index (χ3n) is 2.40. The largest absolute Gasteiger partial charge is 0.468 e. The first kappa shape index (κ1) is 15.6. The predicted octanol–water partition coefficient (Wildman–Crippen LogP) is 3.24. The molecule has 100 valence electrons. The third kappa shape index (κ3) is 4.69. The van der Waals surface area contributed by atoms with Crippen LogP contribution in [0.2, 0.25) is 10.0 Å². The van der Waals surface area contributed by atoms with E-state index in [1.807, 2.05) is 12.1 Å². The lowest BCUT2D eigenvalue weighted by Crippen LogP contribution is -2.35.